The number of hydrogen-bond donors (Lipinski definition) is 0. The molecule has 10 heavy (non-hydrogen) atoms. The summed E-state index contributed by atoms with van der Waals surface area (Å²) >= 11 is 0. The van der Waals surface area contributed by atoms with Crippen LogP contribution in [0.2, 0.25) is 0 Å². The number of hydrogen-bond acceptors (Lipinski definition) is 2. The van der Waals surface area contributed by atoms with Crippen LogP contribution >= 0.6 is 0 Å². The van der Waals surface area contributed by atoms with Crippen LogP contribution in [0.25, 0.3) is 0 Å². The van der Waals surface area contributed by atoms with Crippen LogP contribution in [-0.2, 0) is 0 Å². The van der Waals surface area contributed by atoms with Crippen molar-refractivity contribution in [3.8, 4) is 6.07 Å². The molecule has 0 saturated carbocycles. The van der Waals surface area contributed by atoms with Gasteiger partial charge in [0.1, 0.15) is 0 Å². The summed E-state index contributed by atoms with van der Waals surface area (Å²) in [5.41, 5.74) is 0. The van der Waals surface area contributed by atoms with E-state index in [1.807, 2.05) is 12.3 Å². The second-order valence-electron chi connectivity index (χ2n) is 2.52. The van der Waals surface area contributed by atoms with E-state index in [4.69, 9.17) is 5.26 Å². The van der Waals surface area contributed by atoms with Gasteiger partial charge in [-0.2, -0.15) is 5.26 Å². The Morgan fingerprint density at radius 1 is 1.70 bits per heavy atom. The van der Waals surface area contributed by atoms with Crippen molar-refractivity contribution >= 4 is 6.21 Å². The maximum atomic E-state index is 8.40. The van der Waals surface area contributed by atoms with Gasteiger partial charge < -0.3 is 0 Å². The Balaban J connectivity index is 2.54. The molecular formula is C8H10N2. The van der Waals surface area contributed by atoms with E-state index >= 15 is 0 Å². The summed E-state index contributed by atoms with van der Waals surface area (Å²) in [5.74, 6) is 0.798. The van der Waals surface area contributed by atoms with Gasteiger partial charge in [0.15, 0.2) is 0 Å². The van der Waals surface area contributed by atoms with Crippen molar-refractivity contribution in [2.75, 3.05) is 0 Å². The molecule has 0 aromatic heterocycles. The lowest BCUT2D eigenvalue weighted by molar-refractivity contribution is 0.556. The van der Waals surface area contributed by atoms with Crippen LogP contribution in [0.4, 0.5) is 0 Å². The van der Waals surface area contributed by atoms with Crippen LogP contribution in [-0.4, -0.2) is 6.21 Å². The fourth-order valence-corrected chi connectivity index (χ4v) is 0.968. The van der Waals surface area contributed by atoms with Crippen molar-refractivity contribution in [3.63, 3.8) is 0 Å². The van der Waals surface area contributed by atoms with Gasteiger partial charge in [-0.3, -0.25) is 4.99 Å². The summed E-state index contributed by atoms with van der Waals surface area (Å²) < 4.78 is 0. The lowest BCUT2D eigenvalue weighted by Gasteiger charge is -2.15. The van der Waals surface area contributed by atoms with E-state index in [9.17, 15) is 0 Å². The molecule has 0 spiro atoms. The molecule has 0 fully saturated rings. The number of allylic oxidation sites excluding steroid dienone is 1. The fraction of sp³-hybridized carbons (Fsp3) is 0.500. The molecule has 0 bridgehead atoms. The first-order valence-electron chi connectivity index (χ1n) is 3.41. The van der Waals surface area contributed by atoms with E-state index in [-0.39, 0.29) is 0 Å². The normalized spacial score (nSPS) is 30.0. The Morgan fingerprint density at radius 3 is 3.10 bits per heavy atom. The highest BCUT2D eigenvalue weighted by Gasteiger charge is 2.13. The number of aliphatic imine (C=N–C) groups is 1. The third kappa shape index (κ3) is 1.44. The first-order chi connectivity index (χ1) is 4.84. The lowest BCUT2D eigenvalue weighted by atomic mass is 9.91. The van der Waals surface area contributed by atoms with Gasteiger partial charge in [0.25, 0.3) is 0 Å². The Kier molecular flexibility index (Phi) is 2.22. The summed E-state index contributed by atoms with van der Waals surface area (Å²) in [6, 6.07) is 2.14. The molecule has 0 radical (unpaired) electrons. The van der Waals surface area contributed by atoms with Crippen molar-refractivity contribution in [1.82, 2.24) is 0 Å². The number of nitriles is 1. The molecule has 0 aromatic rings. The largest absolute Gasteiger partial charge is 0.269 e. The third-order valence-electron chi connectivity index (χ3n) is 1.76. The minimum absolute atomic E-state index is 0.329. The molecule has 2 nitrogen and oxygen atoms in total. The van der Waals surface area contributed by atoms with Crippen molar-refractivity contribution in [2.45, 2.75) is 13.3 Å². The van der Waals surface area contributed by atoms with Gasteiger partial charge in [0, 0.05) is 24.8 Å². The van der Waals surface area contributed by atoms with E-state index in [2.05, 4.69) is 18.0 Å². The first kappa shape index (κ1) is 7.01. The summed E-state index contributed by atoms with van der Waals surface area (Å²) in [6.45, 7) is 2.10. The Labute approximate surface area is 60.9 Å². The van der Waals surface area contributed by atoms with E-state index in [1.165, 1.54) is 0 Å². The molecular weight excluding hydrogens is 124 g/mol. The van der Waals surface area contributed by atoms with Crippen LogP contribution in [0, 0.1) is 23.2 Å². The van der Waals surface area contributed by atoms with Gasteiger partial charge in [0.05, 0.1) is 6.07 Å². The van der Waals surface area contributed by atoms with Gasteiger partial charge in [-0.05, 0) is 5.92 Å². The number of rotatable bonds is 1. The molecule has 1 rings (SSSR count). The summed E-state index contributed by atoms with van der Waals surface area (Å²) in [4.78, 5) is 3.97. The van der Waals surface area contributed by atoms with Gasteiger partial charge in [-0.15, -0.1) is 0 Å². The zero-order valence-corrected chi connectivity index (χ0v) is 5.99. The molecule has 2 unspecified atom stereocenters. The smallest absolute Gasteiger partial charge is 0.0628 e. The highest BCUT2D eigenvalue weighted by atomic mass is 14.7. The maximum Gasteiger partial charge on any atom is 0.0628 e. The van der Waals surface area contributed by atoms with E-state index in [0.29, 0.717) is 18.3 Å². The van der Waals surface area contributed by atoms with Crippen LogP contribution in [0.1, 0.15) is 13.3 Å². The molecule has 1 aliphatic rings. The molecule has 52 valence electrons. The minimum atomic E-state index is 0.329. The summed E-state index contributed by atoms with van der Waals surface area (Å²) in [5, 5.41) is 8.40. The second kappa shape index (κ2) is 3.17. The van der Waals surface area contributed by atoms with E-state index < -0.39 is 0 Å². The maximum absolute atomic E-state index is 8.40. The monoisotopic (exact) mass is 134 g/mol. The van der Waals surface area contributed by atoms with Crippen LogP contribution in [0.15, 0.2) is 17.3 Å². The SMILES string of the molecule is CC1C=CN=CC1CC#N. The topological polar surface area (TPSA) is 36.1 Å². The third-order valence-corrected chi connectivity index (χ3v) is 1.76. The Hall–Kier alpha value is -1.10. The van der Waals surface area contributed by atoms with E-state index in [1.54, 1.807) is 6.20 Å². The first-order valence-corrected chi connectivity index (χ1v) is 3.41. The average molecular weight is 134 g/mol. The zero-order valence-electron chi connectivity index (χ0n) is 5.99. The van der Waals surface area contributed by atoms with Crippen molar-refractivity contribution in [3.05, 3.63) is 12.3 Å². The molecule has 0 saturated heterocycles. The van der Waals surface area contributed by atoms with Gasteiger partial charge in [-0.1, -0.05) is 13.0 Å². The van der Waals surface area contributed by atoms with Crippen LogP contribution in [0.5, 0.6) is 0 Å². The van der Waals surface area contributed by atoms with Crippen molar-refractivity contribution in [1.29, 1.82) is 5.26 Å². The molecule has 1 heterocycles. The molecule has 0 aliphatic carbocycles. The molecule has 2 heteroatoms. The Morgan fingerprint density at radius 2 is 2.50 bits per heavy atom. The van der Waals surface area contributed by atoms with Gasteiger partial charge in [-0.25, -0.2) is 0 Å². The predicted octanol–water partition coefficient (Wildman–Crippen LogP) is 1.75. The van der Waals surface area contributed by atoms with Crippen LogP contribution < -0.4 is 0 Å². The van der Waals surface area contributed by atoms with E-state index in [0.717, 1.165) is 0 Å². The predicted molar refractivity (Wildman–Crippen MR) is 40.5 cm³/mol. The Bertz CT molecular complexity index is 198. The summed E-state index contributed by atoms with van der Waals surface area (Å²) in [6.07, 6.45) is 6.25. The molecule has 1 aliphatic heterocycles. The van der Waals surface area contributed by atoms with Gasteiger partial charge >= 0.3 is 0 Å². The lowest BCUT2D eigenvalue weighted by Crippen LogP contribution is -2.12. The zero-order chi connectivity index (χ0) is 7.40. The fourth-order valence-electron chi connectivity index (χ4n) is 0.968. The average Bonchev–Trinajstić information content (AvgIpc) is 1.94. The summed E-state index contributed by atoms with van der Waals surface area (Å²) in [7, 11) is 0. The van der Waals surface area contributed by atoms with Crippen molar-refractivity contribution in [2.24, 2.45) is 16.8 Å². The highest BCUT2D eigenvalue weighted by molar-refractivity contribution is 5.64. The van der Waals surface area contributed by atoms with Crippen LogP contribution in [0.3, 0.4) is 0 Å². The van der Waals surface area contributed by atoms with Gasteiger partial charge in [0.2, 0.25) is 0 Å². The molecule has 0 N–H and O–H groups in total. The highest BCUT2D eigenvalue weighted by Crippen LogP contribution is 2.17. The standard InChI is InChI=1S/C8H10N2/c1-7-3-5-10-6-8(7)2-4-9/h3,5-8H,2H2,1H3. The second-order valence-corrected chi connectivity index (χ2v) is 2.52. The molecule has 0 aromatic carbocycles. The quantitative estimate of drug-likeness (QED) is 0.538. The molecule has 2 atom stereocenters. The van der Waals surface area contributed by atoms with Crippen molar-refractivity contribution < 1.29 is 0 Å². The molecule has 0 amide bonds. The minimum Gasteiger partial charge on any atom is -0.269 e. The number of nitrogens with zero attached hydrogens (tertiary/aromatic N) is 2.